The zero-order valence-corrected chi connectivity index (χ0v) is 17.5. The standard InChI is InChI=1S/C21H24N6OS/c1-13(2)10-18(20(23)28)27(9-8-22)21-19(14(3)26-29-21)16-6-4-15(5-7-16)17-11-24-12-25-17/h4-7,11-13,18H,9-10H2,1-3H3,(H2,23,28)(H,24,25)/t18-/m0/s1. The second-order valence-corrected chi connectivity index (χ2v) is 8.08. The number of hydrogen-bond acceptors (Lipinski definition) is 6. The van der Waals surface area contributed by atoms with Crippen LogP contribution in [0.15, 0.2) is 36.8 Å². The van der Waals surface area contributed by atoms with Gasteiger partial charge in [-0.05, 0) is 41.9 Å². The number of aromatic nitrogens is 3. The molecule has 1 aromatic carbocycles. The molecule has 0 fully saturated rings. The maximum Gasteiger partial charge on any atom is 0.240 e. The quantitative estimate of drug-likeness (QED) is 0.552. The van der Waals surface area contributed by atoms with Crippen molar-refractivity contribution in [2.45, 2.75) is 33.2 Å². The van der Waals surface area contributed by atoms with E-state index in [1.165, 1.54) is 11.5 Å². The Morgan fingerprint density at radius 1 is 1.31 bits per heavy atom. The van der Waals surface area contributed by atoms with Gasteiger partial charge < -0.3 is 15.6 Å². The molecule has 0 saturated carbocycles. The van der Waals surface area contributed by atoms with E-state index in [1.54, 1.807) is 17.4 Å². The van der Waals surface area contributed by atoms with Gasteiger partial charge in [-0.15, -0.1) is 0 Å². The number of hydrogen-bond donors (Lipinski definition) is 2. The topological polar surface area (TPSA) is 112 Å². The van der Waals surface area contributed by atoms with Crippen molar-refractivity contribution in [2.24, 2.45) is 11.7 Å². The van der Waals surface area contributed by atoms with Crippen molar-refractivity contribution < 1.29 is 4.79 Å². The first-order valence-corrected chi connectivity index (χ1v) is 10.2. The van der Waals surface area contributed by atoms with E-state index < -0.39 is 11.9 Å². The lowest BCUT2D eigenvalue weighted by Gasteiger charge is -2.30. The third-order valence-electron chi connectivity index (χ3n) is 4.73. The smallest absolute Gasteiger partial charge is 0.240 e. The summed E-state index contributed by atoms with van der Waals surface area (Å²) in [6.07, 6.45) is 3.99. The van der Waals surface area contributed by atoms with E-state index in [9.17, 15) is 10.1 Å². The van der Waals surface area contributed by atoms with Gasteiger partial charge in [-0.1, -0.05) is 38.1 Å². The van der Waals surface area contributed by atoms with E-state index in [1.807, 2.05) is 45.0 Å². The Bertz CT molecular complexity index is 1000. The number of benzene rings is 1. The van der Waals surface area contributed by atoms with E-state index in [-0.39, 0.29) is 12.5 Å². The average molecular weight is 409 g/mol. The Morgan fingerprint density at radius 2 is 2.00 bits per heavy atom. The number of nitriles is 1. The predicted molar refractivity (Wildman–Crippen MR) is 115 cm³/mol. The number of H-pyrrole nitrogens is 1. The largest absolute Gasteiger partial charge is 0.368 e. The molecule has 1 amide bonds. The summed E-state index contributed by atoms with van der Waals surface area (Å²) in [5.74, 6) is -0.166. The molecule has 7 nitrogen and oxygen atoms in total. The van der Waals surface area contributed by atoms with Crippen molar-refractivity contribution in [1.29, 1.82) is 5.26 Å². The van der Waals surface area contributed by atoms with Gasteiger partial charge in [0.15, 0.2) is 0 Å². The van der Waals surface area contributed by atoms with Crippen molar-refractivity contribution in [3.05, 3.63) is 42.5 Å². The molecule has 0 aliphatic rings. The number of carbonyl (C=O) groups is 1. The number of anilines is 1. The first-order chi connectivity index (χ1) is 13.9. The molecule has 29 heavy (non-hydrogen) atoms. The molecule has 0 bridgehead atoms. The highest BCUT2D eigenvalue weighted by atomic mass is 32.1. The summed E-state index contributed by atoms with van der Waals surface area (Å²) in [7, 11) is 0. The number of primary amides is 1. The van der Waals surface area contributed by atoms with Crippen molar-refractivity contribution in [3.8, 4) is 28.5 Å². The van der Waals surface area contributed by atoms with Gasteiger partial charge in [-0.2, -0.15) is 9.64 Å². The van der Waals surface area contributed by atoms with Crippen LogP contribution >= 0.6 is 11.5 Å². The molecule has 0 radical (unpaired) electrons. The minimum atomic E-state index is -0.558. The number of carbonyl (C=O) groups excluding carboxylic acids is 1. The molecular weight excluding hydrogens is 384 g/mol. The van der Waals surface area contributed by atoms with Crippen LogP contribution in [0.4, 0.5) is 5.00 Å². The third-order valence-corrected chi connectivity index (χ3v) is 5.71. The number of imidazole rings is 1. The lowest BCUT2D eigenvalue weighted by molar-refractivity contribution is -0.119. The van der Waals surface area contributed by atoms with E-state index in [0.717, 1.165) is 33.1 Å². The Balaban J connectivity index is 2.02. The first kappa shape index (κ1) is 20.6. The Morgan fingerprint density at radius 3 is 2.55 bits per heavy atom. The second-order valence-electron chi connectivity index (χ2n) is 7.32. The number of nitrogens with one attached hydrogen (secondary N) is 1. The third kappa shape index (κ3) is 4.46. The van der Waals surface area contributed by atoms with E-state index in [4.69, 9.17) is 5.73 Å². The number of nitrogens with zero attached hydrogens (tertiary/aromatic N) is 4. The molecule has 0 aliphatic heterocycles. The zero-order valence-electron chi connectivity index (χ0n) is 16.7. The minimum absolute atomic E-state index is 0.0706. The number of amides is 1. The molecule has 1 atom stereocenters. The first-order valence-electron chi connectivity index (χ1n) is 9.40. The highest BCUT2D eigenvalue weighted by molar-refractivity contribution is 7.11. The molecular formula is C21H24N6OS. The molecule has 0 spiro atoms. The van der Waals surface area contributed by atoms with Crippen LogP contribution in [0.25, 0.3) is 22.4 Å². The molecule has 150 valence electrons. The lowest BCUT2D eigenvalue weighted by atomic mass is 9.99. The summed E-state index contributed by atoms with van der Waals surface area (Å²) in [5.41, 5.74) is 10.4. The van der Waals surface area contributed by atoms with Crippen LogP contribution in [0.1, 0.15) is 26.0 Å². The van der Waals surface area contributed by atoms with Gasteiger partial charge in [-0.25, -0.2) is 4.98 Å². The molecule has 3 N–H and O–H groups in total. The van der Waals surface area contributed by atoms with Gasteiger partial charge in [0, 0.05) is 5.56 Å². The minimum Gasteiger partial charge on any atom is -0.368 e. The lowest BCUT2D eigenvalue weighted by Crippen LogP contribution is -2.46. The molecule has 0 unspecified atom stereocenters. The van der Waals surface area contributed by atoms with E-state index in [2.05, 4.69) is 20.4 Å². The molecule has 0 aliphatic carbocycles. The van der Waals surface area contributed by atoms with Crippen molar-refractivity contribution in [2.75, 3.05) is 11.4 Å². The zero-order chi connectivity index (χ0) is 21.0. The predicted octanol–water partition coefficient (Wildman–Crippen LogP) is 3.74. The summed E-state index contributed by atoms with van der Waals surface area (Å²) < 4.78 is 4.51. The molecule has 0 saturated heterocycles. The van der Waals surface area contributed by atoms with E-state index in [0.29, 0.717) is 6.42 Å². The molecule has 2 aromatic heterocycles. The SMILES string of the molecule is Cc1nsc(N(CC#N)[C@@H](CC(C)C)C(N)=O)c1-c1ccc(-c2cnc[nH]2)cc1. The highest BCUT2D eigenvalue weighted by Gasteiger charge is 2.29. The summed E-state index contributed by atoms with van der Waals surface area (Å²) in [5, 5.41) is 10.2. The fourth-order valence-corrected chi connectivity index (χ4v) is 4.33. The van der Waals surface area contributed by atoms with Crippen LogP contribution in [0.5, 0.6) is 0 Å². The fourth-order valence-electron chi connectivity index (χ4n) is 3.36. The Hall–Kier alpha value is -3.18. The van der Waals surface area contributed by atoms with Gasteiger partial charge >= 0.3 is 0 Å². The second kappa shape index (κ2) is 8.88. The molecule has 3 rings (SSSR count). The van der Waals surface area contributed by atoms with Crippen LogP contribution in [0.3, 0.4) is 0 Å². The maximum atomic E-state index is 12.2. The van der Waals surface area contributed by atoms with Gasteiger partial charge in [0.2, 0.25) is 5.91 Å². The molecule has 2 heterocycles. The van der Waals surface area contributed by atoms with E-state index >= 15 is 0 Å². The molecule has 3 aromatic rings. The van der Waals surface area contributed by atoms with Gasteiger partial charge in [-0.3, -0.25) is 4.79 Å². The van der Waals surface area contributed by atoms with Crippen LogP contribution in [0, 0.1) is 24.2 Å². The van der Waals surface area contributed by atoms with Crippen molar-refractivity contribution >= 4 is 22.4 Å². The number of nitrogens with two attached hydrogens (primary N) is 1. The van der Waals surface area contributed by atoms with Crippen LogP contribution in [0.2, 0.25) is 0 Å². The maximum absolute atomic E-state index is 12.2. The summed E-state index contributed by atoms with van der Waals surface area (Å²) >= 11 is 1.29. The summed E-state index contributed by atoms with van der Waals surface area (Å²) in [4.78, 5) is 21.1. The van der Waals surface area contributed by atoms with Crippen LogP contribution in [-0.2, 0) is 4.79 Å². The van der Waals surface area contributed by atoms with Gasteiger partial charge in [0.1, 0.15) is 17.6 Å². The molecule has 8 heteroatoms. The van der Waals surface area contributed by atoms with Gasteiger partial charge in [0.05, 0.1) is 30.0 Å². The average Bonchev–Trinajstić information content (AvgIpc) is 3.34. The number of rotatable bonds is 8. The Kier molecular flexibility index (Phi) is 6.29. The monoisotopic (exact) mass is 408 g/mol. The fraction of sp³-hybridized carbons (Fsp3) is 0.333. The summed E-state index contributed by atoms with van der Waals surface area (Å²) in [6.45, 7) is 6.08. The normalized spacial score (nSPS) is 12.0. The number of aromatic amines is 1. The van der Waals surface area contributed by atoms with Crippen molar-refractivity contribution in [1.82, 2.24) is 14.3 Å². The van der Waals surface area contributed by atoms with Crippen molar-refractivity contribution in [3.63, 3.8) is 0 Å². The Labute approximate surface area is 174 Å². The summed E-state index contributed by atoms with van der Waals surface area (Å²) in [6, 6.07) is 9.68. The van der Waals surface area contributed by atoms with Crippen LogP contribution < -0.4 is 10.6 Å². The number of aryl methyl sites for hydroxylation is 1. The van der Waals surface area contributed by atoms with Crippen LogP contribution in [-0.4, -0.2) is 32.8 Å². The highest BCUT2D eigenvalue weighted by Crippen LogP contribution is 2.39. The van der Waals surface area contributed by atoms with Gasteiger partial charge in [0.25, 0.3) is 0 Å².